The normalized spacial score (nSPS) is 22.4. The minimum Gasteiger partial charge on any atom is -0.497 e. The molecule has 44 heavy (non-hydrogen) atoms. The van der Waals surface area contributed by atoms with Crippen molar-refractivity contribution in [2.24, 2.45) is 23.7 Å². The van der Waals surface area contributed by atoms with Crippen LogP contribution in [0.3, 0.4) is 0 Å². The molecule has 0 radical (unpaired) electrons. The number of fused-ring (bicyclic) bond motifs is 6. The molecule has 0 N–H and O–H groups in total. The number of esters is 1. The quantitative estimate of drug-likeness (QED) is 0.0985. The second kappa shape index (κ2) is 10.8. The summed E-state index contributed by atoms with van der Waals surface area (Å²) in [4.78, 5) is 59.2. The molecule has 4 aromatic rings. The molecule has 8 nitrogen and oxygen atoms in total. The predicted molar refractivity (Wildman–Crippen MR) is 167 cm³/mol. The fraction of sp³-hybridized carbons (Fsp3) is 0.229. The lowest BCUT2D eigenvalue weighted by molar-refractivity contribution is -0.123. The number of benzene rings is 3. The monoisotopic (exact) mass is 650 g/mol. The number of ketones is 1. The third kappa shape index (κ3) is 4.63. The summed E-state index contributed by atoms with van der Waals surface area (Å²) in [6.45, 7) is 1.54. The highest BCUT2D eigenvalue weighted by atomic mass is 79.9. The van der Waals surface area contributed by atoms with Crippen LogP contribution >= 0.6 is 15.9 Å². The van der Waals surface area contributed by atoms with Crippen LogP contribution in [-0.4, -0.2) is 41.8 Å². The summed E-state index contributed by atoms with van der Waals surface area (Å²) in [7, 11) is 1.54. The SMILES string of the molecule is COc1ccc(C(=O)C(C)OC(=O)c2cc(-c3ccc(N4C(=O)C5C6C=CC(C6)C5C4=O)cc3)nc3ccc(Br)cc23)cc1. The topological polar surface area (TPSA) is 103 Å². The summed E-state index contributed by atoms with van der Waals surface area (Å²) < 4.78 is 11.6. The smallest absolute Gasteiger partial charge is 0.339 e. The van der Waals surface area contributed by atoms with E-state index in [1.54, 1.807) is 80.8 Å². The number of hydrogen-bond acceptors (Lipinski definition) is 7. The molecule has 9 heteroatoms. The van der Waals surface area contributed by atoms with Crippen molar-refractivity contribution in [2.45, 2.75) is 19.4 Å². The van der Waals surface area contributed by atoms with Gasteiger partial charge in [0.15, 0.2) is 6.10 Å². The molecule has 1 saturated heterocycles. The lowest BCUT2D eigenvalue weighted by atomic mass is 9.85. The van der Waals surface area contributed by atoms with Crippen LogP contribution in [-0.2, 0) is 14.3 Å². The Morgan fingerprint density at radius 3 is 2.20 bits per heavy atom. The van der Waals surface area contributed by atoms with E-state index in [2.05, 4.69) is 28.1 Å². The number of rotatable bonds is 7. The Morgan fingerprint density at radius 2 is 1.57 bits per heavy atom. The highest BCUT2D eigenvalue weighted by molar-refractivity contribution is 9.10. The molecule has 3 aromatic carbocycles. The maximum Gasteiger partial charge on any atom is 0.339 e. The molecule has 2 amide bonds. The van der Waals surface area contributed by atoms with Gasteiger partial charge in [-0.2, -0.15) is 0 Å². The van der Waals surface area contributed by atoms with Crippen molar-refractivity contribution >= 4 is 56.1 Å². The number of carbonyl (C=O) groups excluding carboxylic acids is 4. The first kappa shape index (κ1) is 28.2. The summed E-state index contributed by atoms with van der Waals surface area (Å²) in [6, 6.07) is 20.7. The van der Waals surface area contributed by atoms with Crippen LogP contribution < -0.4 is 9.64 Å². The molecule has 2 aliphatic carbocycles. The average Bonchev–Trinajstić information content (AvgIpc) is 3.73. The number of anilines is 1. The minimum absolute atomic E-state index is 0.137. The number of allylic oxidation sites excluding steroid dienone is 2. The van der Waals surface area contributed by atoms with Crippen LogP contribution in [0.2, 0.25) is 0 Å². The Bertz CT molecular complexity index is 1850. The third-order valence-electron chi connectivity index (χ3n) is 8.91. The highest BCUT2D eigenvalue weighted by Crippen LogP contribution is 2.53. The molecule has 2 bridgehead atoms. The van der Waals surface area contributed by atoms with E-state index in [1.165, 1.54) is 4.90 Å². The Kier molecular flexibility index (Phi) is 6.93. The van der Waals surface area contributed by atoms with E-state index in [0.29, 0.717) is 39.2 Å². The second-order valence-corrected chi connectivity index (χ2v) is 12.3. The zero-order valence-corrected chi connectivity index (χ0v) is 25.5. The summed E-state index contributed by atoms with van der Waals surface area (Å²) in [6.07, 6.45) is 4.00. The van der Waals surface area contributed by atoms with Crippen molar-refractivity contribution in [3.63, 3.8) is 0 Å². The number of hydrogen-bond donors (Lipinski definition) is 0. The van der Waals surface area contributed by atoms with E-state index in [-0.39, 0.29) is 46.8 Å². The number of nitrogens with zero attached hydrogens (tertiary/aromatic N) is 2. The van der Waals surface area contributed by atoms with Gasteiger partial charge in [0.1, 0.15) is 5.75 Å². The molecule has 2 fully saturated rings. The first-order valence-electron chi connectivity index (χ1n) is 14.4. The van der Waals surface area contributed by atoms with E-state index < -0.39 is 12.1 Å². The summed E-state index contributed by atoms with van der Waals surface area (Å²) in [5.74, 6) is -0.922. The van der Waals surface area contributed by atoms with Crippen molar-refractivity contribution in [1.82, 2.24) is 4.98 Å². The largest absolute Gasteiger partial charge is 0.497 e. The van der Waals surface area contributed by atoms with Crippen molar-refractivity contribution in [3.8, 4) is 17.0 Å². The number of Topliss-reactive ketones (excluding diaryl/α,β-unsaturated/α-hetero) is 1. The van der Waals surface area contributed by atoms with Crippen LogP contribution in [0.15, 0.2) is 89.4 Å². The molecule has 0 spiro atoms. The fourth-order valence-electron chi connectivity index (χ4n) is 6.72. The summed E-state index contributed by atoms with van der Waals surface area (Å²) >= 11 is 3.47. The molecule has 1 aliphatic heterocycles. The molecular weight excluding hydrogens is 624 g/mol. The lowest BCUT2D eigenvalue weighted by Crippen LogP contribution is -2.32. The van der Waals surface area contributed by atoms with Gasteiger partial charge in [0.2, 0.25) is 17.6 Å². The van der Waals surface area contributed by atoms with Crippen molar-refractivity contribution < 1.29 is 28.7 Å². The summed E-state index contributed by atoms with van der Waals surface area (Å²) in [5.41, 5.74) is 2.94. The van der Waals surface area contributed by atoms with E-state index >= 15 is 0 Å². The second-order valence-electron chi connectivity index (χ2n) is 11.4. The number of amides is 2. The van der Waals surface area contributed by atoms with Crippen LogP contribution in [0.1, 0.15) is 34.1 Å². The van der Waals surface area contributed by atoms with Gasteiger partial charge >= 0.3 is 5.97 Å². The van der Waals surface area contributed by atoms with E-state index in [0.717, 1.165) is 10.9 Å². The first-order chi connectivity index (χ1) is 21.2. The van der Waals surface area contributed by atoms with Crippen LogP contribution in [0.4, 0.5) is 5.69 Å². The summed E-state index contributed by atoms with van der Waals surface area (Å²) in [5, 5.41) is 0.567. The number of imide groups is 1. The Hall–Kier alpha value is -4.63. The van der Waals surface area contributed by atoms with Crippen LogP contribution in [0, 0.1) is 23.7 Å². The molecule has 1 aromatic heterocycles. The number of methoxy groups -OCH3 is 1. The highest BCUT2D eigenvalue weighted by Gasteiger charge is 2.59. The van der Waals surface area contributed by atoms with Gasteiger partial charge in [-0.1, -0.05) is 40.2 Å². The molecule has 5 unspecified atom stereocenters. The Balaban J connectivity index is 1.17. The standard InChI is InChI=1S/C35H27BrN2O6/c1-18(32(39)20-7-12-25(43-2)13-8-20)44-35(42)27-17-29(37-28-14-9-23(36)16-26(27)28)19-5-10-24(11-6-19)38-33(40)30-21-3-4-22(15-21)31(30)34(38)41/h3-14,16-18,21-22,30-31H,15H2,1-2H3. The van der Waals surface area contributed by atoms with Gasteiger partial charge < -0.3 is 9.47 Å². The zero-order chi connectivity index (χ0) is 30.7. The van der Waals surface area contributed by atoms with Crippen molar-refractivity contribution in [1.29, 1.82) is 0 Å². The molecule has 220 valence electrons. The van der Waals surface area contributed by atoms with Gasteiger partial charge in [0.05, 0.1) is 41.4 Å². The number of aromatic nitrogens is 1. The van der Waals surface area contributed by atoms with Gasteiger partial charge in [0, 0.05) is 21.0 Å². The number of pyridine rings is 1. The van der Waals surface area contributed by atoms with Gasteiger partial charge in [-0.15, -0.1) is 0 Å². The molecule has 2 heterocycles. The van der Waals surface area contributed by atoms with Gasteiger partial charge in [0.25, 0.3) is 0 Å². The average molecular weight is 652 g/mol. The van der Waals surface area contributed by atoms with E-state index in [4.69, 9.17) is 14.5 Å². The molecular formula is C35H27BrN2O6. The fourth-order valence-corrected chi connectivity index (χ4v) is 7.08. The molecule has 1 saturated carbocycles. The predicted octanol–water partition coefficient (Wildman–Crippen LogP) is 6.41. The molecule has 3 aliphatic rings. The molecule has 5 atom stereocenters. The van der Waals surface area contributed by atoms with Crippen LogP contribution in [0.5, 0.6) is 5.75 Å². The van der Waals surface area contributed by atoms with Crippen molar-refractivity contribution in [2.75, 3.05) is 12.0 Å². The molecule has 7 rings (SSSR count). The van der Waals surface area contributed by atoms with Gasteiger partial charge in [-0.25, -0.2) is 9.78 Å². The van der Waals surface area contributed by atoms with E-state index in [1.807, 2.05) is 6.07 Å². The Morgan fingerprint density at radius 1 is 0.909 bits per heavy atom. The Labute approximate surface area is 261 Å². The number of ether oxygens (including phenoxy) is 2. The lowest BCUT2D eigenvalue weighted by Gasteiger charge is -2.18. The van der Waals surface area contributed by atoms with Gasteiger partial charge in [-0.05, 0) is 85.8 Å². The maximum absolute atomic E-state index is 13.5. The number of halogens is 1. The van der Waals surface area contributed by atoms with Crippen molar-refractivity contribution in [3.05, 3.63) is 101 Å². The maximum atomic E-state index is 13.5. The van der Waals surface area contributed by atoms with E-state index in [9.17, 15) is 19.2 Å². The zero-order valence-electron chi connectivity index (χ0n) is 23.9. The minimum atomic E-state index is -1.03. The van der Waals surface area contributed by atoms with Gasteiger partial charge in [-0.3, -0.25) is 19.3 Å². The number of carbonyl (C=O) groups is 4. The third-order valence-corrected chi connectivity index (χ3v) is 9.40. The first-order valence-corrected chi connectivity index (χ1v) is 15.2. The van der Waals surface area contributed by atoms with Crippen LogP contribution in [0.25, 0.3) is 22.2 Å².